The molecule has 100 valence electrons. The van der Waals surface area contributed by atoms with Crippen molar-refractivity contribution in [1.82, 2.24) is 4.98 Å². The van der Waals surface area contributed by atoms with Gasteiger partial charge >= 0.3 is 6.18 Å². The Labute approximate surface area is 104 Å². The minimum absolute atomic E-state index is 0.0166. The maximum absolute atomic E-state index is 12.6. The minimum Gasteiger partial charge on any atom is -0.370 e. The summed E-state index contributed by atoms with van der Waals surface area (Å²) in [6.07, 6.45) is -2.36. The van der Waals surface area contributed by atoms with Gasteiger partial charge in [-0.15, -0.1) is 0 Å². The second kappa shape index (κ2) is 4.76. The fourth-order valence-electron chi connectivity index (χ4n) is 2.12. The largest absolute Gasteiger partial charge is 0.393 e. The molecular formula is C12H16F3N3. The van der Waals surface area contributed by atoms with Gasteiger partial charge in [0.2, 0.25) is 0 Å². The van der Waals surface area contributed by atoms with Crippen molar-refractivity contribution < 1.29 is 13.2 Å². The minimum atomic E-state index is -4.10. The topological polar surface area (TPSA) is 42.1 Å². The Bertz CT molecular complexity index is 400. The first-order chi connectivity index (χ1) is 8.38. The lowest BCUT2D eigenvalue weighted by molar-refractivity contribution is -0.168. The molecule has 3 nitrogen and oxygen atoms in total. The molecule has 1 aromatic heterocycles. The number of nitrogens with two attached hydrogens (primary N) is 1. The molecule has 0 aliphatic carbocycles. The summed E-state index contributed by atoms with van der Waals surface area (Å²) in [7, 11) is 0. The third kappa shape index (κ3) is 2.75. The normalized spacial score (nSPS) is 22.3. The van der Waals surface area contributed by atoms with E-state index in [2.05, 4.69) is 4.98 Å². The molecule has 1 aliphatic rings. The SMILES string of the molecule is C[C@H](N)c1ccc(N2CCC(C(F)(F)F)C2)cn1. The molecule has 0 saturated carbocycles. The molecule has 0 amide bonds. The monoisotopic (exact) mass is 259 g/mol. The van der Waals surface area contributed by atoms with Crippen molar-refractivity contribution in [3.8, 4) is 0 Å². The zero-order valence-corrected chi connectivity index (χ0v) is 10.1. The number of rotatable bonds is 2. The average Bonchev–Trinajstić information content (AvgIpc) is 2.78. The first kappa shape index (κ1) is 13.1. The first-order valence-electron chi connectivity index (χ1n) is 5.91. The van der Waals surface area contributed by atoms with E-state index in [9.17, 15) is 13.2 Å². The van der Waals surface area contributed by atoms with Crippen molar-refractivity contribution >= 4 is 5.69 Å². The van der Waals surface area contributed by atoms with Crippen LogP contribution in [0.2, 0.25) is 0 Å². The van der Waals surface area contributed by atoms with Crippen LogP contribution in [-0.2, 0) is 0 Å². The van der Waals surface area contributed by atoms with Gasteiger partial charge in [0.05, 0.1) is 23.5 Å². The Hall–Kier alpha value is -1.30. The summed E-state index contributed by atoms with van der Waals surface area (Å²) in [5.74, 6) is -1.23. The molecule has 2 heterocycles. The molecule has 1 fully saturated rings. The average molecular weight is 259 g/mol. The highest BCUT2D eigenvalue weighted by Gasteiger charge is 2.43. The van der Waals surface area contributed by atoms with Crippen LogP contribution in [0, 0.1) is 5.92 Å². The molecular weight excluding hydrogens is 243 g/mol. The first-order valence-corrected chi connectivity index (χ1v) is 5.91. The summed E-state index contributed by atoms with van der Waals surface area (Å²) >= 11 is 0. The quantitative estimate of drug-likeness (QED) is 0.887. The Morgan fingerprint density at radius 2 is 2.17 bits per heavy atom. The fraction of sp³-hybridized carbons (Fsp3) is 0.583. The van der Waals surface area contributed by atoms with Crippen molar-refractivity contribution in [3.05, 3.63) is 24.0 Å². The number of nitrogens with zero attached hydrogens (tertiary/aromatic N) is 2. The summed E-state index contributed by atoms with van der Waals surface area (Å²) in [5, 5.41) is 0. The van der Waals surface area contributed by atoms with Gasteiger partial charge in [0, 0.05) is 19.1 Å². The second-order valence-corrected chi connectivity index (χ2v) is 4.70. The van der Waals surface area contributed by atoms with Gasteiger partial charge in [0.15, 0.2) is 0 Å². The van der Waals surface area contributed by atoms with Gasteiger partial charge in [-0.05, 0) is 25.5 Å². The molecule has 2 N–H and O–H groups in total. The van der Waals surface area contributed by atoms with Crippen LogP contribution in [0.1, 0.15) is 25.1 Å². The van der Waals surface area contributed by atoms with Crippen LogP contribution in [0.3, 0.4) is 0 Å². The van der Waals surface area contributed by atoms with Crippen molar-refractivity contribution in [1.29, 1.82) is 0 Å². The Kier molecular flexibility index (Phi) is 3.47. The summed E-state index contributed by atoms with van der Waals surface area (Å²) in [6.45, 7) is 2.25. The van der Waals surface area contributed by atoms with Crippen LogP contribution >= 0.6 is 0 Å². The predicted molar refractivity (Wildman–Crippen MR) is 63.2 cm³/mol. The second-order valence-electron chi connectivity index (χ2n) is 4.70. The highest BCUT2D eigenvalue weighted by molar-refractivity contribution is 5.45. The van der Waals surface area contributed by atoms with Gasteiger partial charge in [-0.3, -0.25) is 4.98 Å². The molecule has 2 atom stereocenters. The molecule has 0 radical (unpaired) electrons. The van der Waals surface area contributed by atoms with Crippen LogP contribution in [-0.4, -0.2) is 24.2 Å². The Morgan fingerprint density at radius 3 is 2.61 bits per heavy atom. The molecule has 0 spiro atoms. The van der Waals surface area contributed by atoms with Crippen LogP contribution in [0.4, 0.5) is 18.9 Å². The summed E-state index contributed by atoms with van der Waals surface area (Å²) in [5.41, 5.74) is 7.14. The molecule has 6 heteroatoms. The van der Waals surface area contributed by atoms with Gasteiger partial charge in [0.25, 0.3) is 0 Å². The number of halogens is 3. The molecule has 18 heavy (non-hydrogen) atoms. The van der Waals surface area contributed by atoms with E-state index in [1.807, 2.05) is 6.92 Å². The molecule has 1 aromatic rings. The van der Waals surface area contributed by atoms with Crippen molar-refractivity contribution in [2.75, 3.05) is 18.0 Å². The molecule has 2 rings (SSSR count). The number of aromatic nitrogens is 1. The van der Waals surface area contributed by atoms with E-state index >= 15 is 0 Å². The molecule has 1 unspecified atom stereocenters. The van der Waals surface area contributed by atoms with E-state index in [4.69, 9.17) is 5.73 Å². The molecule has 1 aliphatic heterocycles. The van der Waals surface area contributed by atoms with Crippen molar-refractivity contribution in [2.24, 2.45) is 11.7 Å². The van der Waals surface area contributed by atoms with Gasteiger partial charge in [0.1, 0.15) is 0 Å². The number of hydrogen-bond acceptors (Lipinski definition) is 3. The number of anilines is 1. The predicted octanol–water partition coefficient (Wildman–Crippen LogP) is 2.49. The smallest absolute Gasteiger partial charge is 0.370 e. The highest BCUT2D eigenvalue weighted by Crippen LogP contribution is 2.35. The van der Waals surface area contributed by atoms with Crippen LogP contribution in [0.5, 0.6) is 0 Å². The van der Waals surface area contributed by atoms with Crippen LogP contribution in [0.15, 0.2) is 18.3 Å². The van der Waals surface area contributed by atoms with E-state index in [-0.39, 0.29) is 19.0 Å². The summed E-state index contributed by atoms with van der Waals surface area (Å²) < 4.78 is 37.7. The van der Waals surface area contributed by atoms with Crippen LogP contribution in [0.25, 0.3) is 0 Å². The van der Waals surface area contributed by atoms with Gasteiger partial charge < -0.3 is 10.6 Å². The van der Waals surface area contributed by atoms with Gasteiger partial charge in [-0.2, -0.15) is 13.2 Å². The molecule has 0 aromatic carbocycles. The lowest BCUT2D eigenvalue weighted by Crippen LogP contribution is -2.27. The van der Waals surface area contributed by atoms with Crippen LogP contribution < -0.4 is 10.6 Å². The lowest BCUT2D eigenvalue weighted by Gasteiger charge is -2.19. The van der Waals surface area contributed by atoms with Gasteiger partial charge in [-0.25, -0.2) is 0 Å². The molecule has 1 saturated heterocycles. The number of hydrogen-bond donors (Lipinski definition) is 1. The van der Waals surface area contributed by atoms with Gasteiger partial charge in [-0.1, -0.05) is 0 Å². The van der Waals surface area contributed by atoms with E-state index in [1.165, 1.54) is 0 Å². The Morgan fingerprint density at radius 1 is 1.44 bits per heavy atom. The standard InChI is InChI=1S/C12H16F3N3/c1-8(16)11-3-2-10(6-17-11)18-5-4-9(7-18)12(13,14)15/h2-3,6,8-9H,4-5,7,16H2,1H3/t8-,9?/m0/s1. The van der Waals surface area contributed by atoms with E-state index in [0.29, 0.717) is 6.54 Å². The van der Waals surface area contributed by atoms with Crippen molar-refractivity contribution in [2.45, 2.75) is 25.6 Å². The number of pyridine rings is 1. The maximum Gasteiger partial charge on any atom is 0.393 e. The number of alkyl halides is 3. The lowest BCUT2D eigenvalue weighted by atomic mass is 10.1. The van der Waals surface area contributed by atoms with E-state index in [1.54, 1.807) is 23.2 Å². The summed E-state index contributed by atoms with van der Waals surface area (Å²) in [6, 6.07) is 3.38. The Balaban J connectivity index is 2.05. The zero-order chi connectivity index (χ0) is 13.3. The fourth-order valence-corrected chi connectivity index (χ4v) is 2.12. The third-order valence-corrected chi connectivity index (χ3v) is 3.25. The van der Waals surface area contributed by atoms with E-state index in [0.717, 1.165) is 11.4 Å². The van der Waals surface area contributed by atoms with E-state index < -0.39 is 12.1 Å². The maximum atomic E-state index is 12.6. The zero-order valence-electron chi connectivity index (χ0n) is 10.1. The molecule has 0 bridgehead atoms. The third-order valence-electron chi connectivity index (χ3n) is 3.25. The summed E-state index contributed by atoms with van der Waals surface area (Å²) in [4.78, 5) is 5.88. The highest BCUT2D eigenvalue weighted by atomic mass is 19.4. The van der Waals surface area contributed by atoms with Crippen molar-refractivity contribution in [3.63, 3.8) is 0 Å².